The van der Waals surface area contributed by atoms with Gasteiger partial charge < -0.3 is 4.90 Å². The summed E-state index contributed by atoms with van der Waals surface area (Å²) >= 11 is 6.12. The molecular weight excluding hydrogens is 515 g/mol. The number of halogens is 2. The summed E-state index contributed by atoms with van der Waals surface area (Å²) in [6.07, 6.45) is 6.73. The summed E-state index contributed by atoms with van der Waals surface area (Å²) < 4.78 is 14.3. The number of Topliss-reactive ketones (excluding diaryl/α,β-unsaturated/α-hetero) is 3. The molecule has 1 spiro atoms. The molecule has 0 bridgehead atoms. The molecule has 3 aromatic carbocycles. The van der Waals surface area contributed by atoms with Crippen LogP contribution in [-0.4, -0.2) is 34.4 Å². The zero-order valence-electron chi connectivity index (χ0n) is 20.4. The molecular formula is C32H20ClFN2O3. The van der Waals surface area contributed by atoms with Crippen molar-refractivity contribution in [3.05, 3.63) is 136 Å². The Bertz CT molecular complexity index is 1680. The van der Waals surface area contributed by atoms with Gasteiger partial charge in [-0.1, -0.05) is 54.1 Å². The molecule has 2 aliphatic heterocycles. The lowest BCUT2D eigenvalue weighted by Crippen LogP contribution is -2.48. The van der Waals surface area contributed by atoms with Crippen molar-refractivity contribution in [1.82, 2.24) is 4.98 Å². The third-order valence-corrected chi connectivity index (χ3v) is 8.46. The van der Waals surface area contributed by atoms with Gasteiger partial charge in [0.1, 0.15) is 17.3 Å². The molecule has 1 aliphatic carbocycles. The van der Waals surface area contributed by atoms with Crippen LogP contribution in [0.2, 0.25) is 5.02 Å². The molecule has 3 heterocycles. The van der Waals surface area contributed by atoms with Crippen molar-refractivity contribution >= 4 is 40.7 Å². The molecule has 1 fully saturated rings. The molecule has 3 atom stereocenters. The normalized spacial score (nSPS) is 22.1. The van der Waals surface area contributed by atoms with E-state index in [1.807, 2.05) is 4.90 Å². The molecule has 0 radical (unpaired) electrons. The van der Waals surface area contributed by atoms with Crippen LogP contribution in [0.1, 0.15) is 48.1 Å². The average molecular weight is 535 g/mol. The van der Waals surface area contributed by atoms with E-state index in [1.165, 1.54) is 12.1 Å². The number of carbonyl (C=O) groups is 3. The Morgan fingerprint density at radius 1 is 0.923 bits per heavy atom. The molecule has 1 saturated heterocycles. The van der Waals surface area contributed by atoms with Gasteiger partial charge in [0, 0.05) is 51.3 Å². The summed E-state index contributed by atoms with van der Waals surface area (Å²) in [6, 6.07) is 19.5. The number of rotatable bonds is 3. The summed E-state index contributed by atoms with van der Waals surface area (Å²) in [4.78, 5) is 49.6. The lowest BCUT2D eigenvalue weighted by molar-refractivity contribution is 0.0666. The first kappa shape index (κ1) is 23.7. The Kier molecular flexibility index (Phi) is 5.19. The van der Waals surface area contributed by atoms with Crippen LogP contribution in [0.25, 0.3) is 6.08 Å². The zero-order valence-corrected chi connectivity index (χ0v) is 21.2. The number of ketones is 3. The zero-order chi connectivity index (χ0) is 26.9. The highest BCUT2D eigenvalue weighted by molar-refractivity contribution is 6.32. The van der Waals surface area contributed by atoms with Crippen molar-refractivity contribution < 1.29 is 18.8 Å². The van der Waals surface area contributed by atoms with Crippen molar-refractivity contribution in [3.8, 4) is 0 Å². The highest BCUT2D eigenvalue weighted by Gasteiger charge is 2.71. The fourth-order valence-corrected chi connectivity index (χ4v) is 6.79. The second-order valence-electron chi connectivity index (χ2n) is 10.1. The van der Waals surface area contributed by atoms with E-state index >= 15 is 0 Å². The van der Waals surface area contributed by atoms with Crippen LogP contribution in [0.5, 0.6) is 0 Å². The first-order chi connectivity index (χ1) is 18.9. The number of nitrogens with zero attached hydrogens (tertiary/aromatic N) is 2. The van der Waals surface area contributed by atoms with E-state index in [0.29, 0.717) is 38.5 Å². The van der Waals surface area contributed by atoms with Crippen LogP contribution < -0.4 is 4.90 Å². The molecule has 7 rings (SSSR count). The highest BCUT2D eigenvalue weighted by Crippen LogP contribution is 2.60. The van der Waals surface area contributed by atoms with Crippen LogP contribution >= 0.6 is 11.6 Å². The van der Waals surface area contributed by atoms with Crippen LogP contribution in [0.3, 0.4) is 0 Å². The first-order valence-electron chi connectivity index (χ1n) is 12.6. The van der Waals surface area contributed by atoms with Gasteiger partial charge in [0.05, 0.1) is 6.04 Å². The first-order valence-corrected chi connectivity index (χ1v) is 12.9. The van der Waals surface area contributed by atoms with Gasteiger partial charge in [-0.15, -0.1) is 0 Å². The van der Waals surface area contributed by atoms with Gasteiger partial charge in [-0.2, -0.15) is 0 Å². The van der Waals surface area contributed by atoms with Crippen LogP contribution in [0, 0.1) is 11.2 Å². The Balaban J connectivity index is 1.54. The third kappa shape index (κ3) is 3.18. The molecule has 3 unspecified atom stereocenters. The Hall–Kier alpha value is -4.42. The molecule has 5 nitrogen and oxygen atoms in total. The minimum absolute atomic E-state index is 0.274. The van der Waals surface area contributed by atoms with E-state index in [9.17, 15) is 18.8 Å². The van der Waals surface area contributed by atoms with Crippen molar-refractivity contribution in [2.24, 2.45) is 5.41 Å². The van der Waals surface area contributed by atoms with Gasteiger partial charge in [-0.05, 0) is 54.1 Å². The van der Waals surface area contributed by atoms with Crippen LogP contribution in [0.4, 0.5) is 10.1 Å². The molecule has 39 heavy (non-hydrogen) atoms. The maximum Gasteiger partial charge on any atom is 0.185 e. The van der Waals surface area contributed by atoms with Crippen LogP contribution in [-0.2, 0) is 0 Å². The van der Waals surface area contributed by atoms with E-state index in [-0.39, 0.29) is 17.3 Å². The van der Waals surface area contributed by atoms with Gasteiger partial charge in [-0.3, -0.25) is 19.4 Å². The number of hydrogen-bond acceptors (Lipinski definition) is 5. The maximum atomic E-state index is 14.5. The van der Waals surface area contributed by atoms with E-state index in [2.05, 4.69) is 4.98 Å². The van der Waals surface area contributed by atoms with E-state index in [1.54, 1.807) is 91.3 Å². The van der Waals surface area contributed by atoms with E-state index < -0.39 is 29.2 Å². The number of pyridine rings is 1. The van der Waals surface area contributed by atoms with Gasteiger partial charge in [-0.25, -0.2) is 4.39 Å². The topological polar surface area (TPSA) is 67.3 Å². The molecule has 1 aromatic heterocycles. The maximum absolute atomic E-state index is 14.5. The predicted octanol–water partition coefficient (Wildman–Crippen LogP) is 6.19. The smallest absolute Gasteiger partial charge is 0.185 e. The van der Waals surface area contributed by atoms with Crippen molar-refractivity contribution in [2.45, 2.75) is 18.0 Å². The standard InChI is InChI=1S/C32H20ClFN2O3/c33-21-10-7-18(8-11-21)29(37)28-27(20-4-3-15-35-17-20)32(30(38)23-5-1-2-6-24(23)31(32)39)26-14-9-19-16-22(34)12-13-25(19)36(26)28/h1-17,26-28H. The predicted molar refractivity (Wildman–Crippen MR) is 146 cm³/mol. The largest absolute Gasteiger partial charge is 0.352 e. The highest BCUT2D eigenvalue weighted by atomic mass is 35.5. The minimum atomic E-state index is -1.62. The summed E-state index contributed by atoms with van der Waals surface area (Å²) in [5, 5.41) is 0.481. The molecule has 3 aliphatic rings. The molecule has 4 aromatic rings. The van der Waals surface area contributed by atoms with Gasteiger partial charge in [0.25, 0.3) is 0 Å². The van der Waals surface area contributed by atoms with Crippen molar-refractivity contribution in [2.75, 3.05) is 4.90 Å². The SMILES string of the molecule is O=C(c1ccc(Cl)cc1)C1C(c2cccnc2)C2(C(=O)c3ccccc3C2=O)C2C=Cc3cc(F)ccc3N12. The summed E-state index contributed by atoms with van der Waals surface area (Å²) in [5.41, 5.74) is 1.20. The van der Waals surface area contributed by atoms with Gasteiger partial charge >= 0.3 is 0 Å². The molecule has 0 N–H and O–H groups in total. The molecule has 7 heteroatoms. The summed E-state index contributed by atoms with van der Waals surface area (Å²) in [6.45, 7) is 0. The van der Waals surface area contributed by atoms with Crippen molar-refractivity contribution in [1.29, 1.82) is 0 Å². The van der Waals surface area contributed by atoms with Crippen LogP contribution in [0.15, 0.2) is 97.3 Å². The van der Waals surface area contributed by atoms with E-state index in [0.717, 1.165) is 0 Å². The minimum Gasteiger partial charge on any atom is -0.352 e. The average Bonchev–Trinajstić information content (AvgIpc) is 3.39. The van der Waals surface area contributed by atoms with Gasteiger partial charge in [0.2, 0.25) is 0 Å². The number of benzene rings is 3. The molecule has 0 amide bonds. The fraction of sp³-hybridized carbons (Fsp3) is 0.125. The number of anilines is 1. The molecule has 0 saturated carbocycles. The third-order valence-electron chi connectivity index (χ3n) is 8.21. The number of hydrogen-bond donors (Lipinski definition) is 0. The monoisotopic (exact) mass is 534 g/mol. The number of aromatic nitrogens is 1. The second kappa shape index (κ2) is 8.55. The fourth-order valence-electron chi connectivity index (χ4n) is 6.67. The van der Waals surface area contributed by atoms with Gasteiger partial charge in [0.15, 0.2) is 17.3 Å². The Morgan fingerprint density at radius 2 is 1.64 bits per heavy atom. The second-order valence-corrected chi connectivity index (χ2v) is 10.5. The molecule has 190 valence electrons. The van der Waals surface area contributed by atoms with Crippen molar-refractivity contribution in [3.63, 3.8) is 0 Å². The summed E-state index contributed by atoms with van der Waals surface area (Å²) in [7, 11) is 0. The van der Waals surface area contributed by atoms with E-state index in [4.69, 9.17) is 11.6 Å². The Labute approximate surface area is 228 Å². The Morgan fingerprint density at radius 3 is 2.31 bits per heavy atom. The summed E-state index contributed by atoms with van der Waals surface area (Å²) in [5.74, 6) is -2.21. The quantitative estimate of drug-likeness (QED) is 0.231. The number of carbonyl (C=O) groups excluding carboxylic acids is 3. The lowest BCUT2D eigenvalue weighted by atomic mass is 9.64. The number of fused-ring (bicyclic) bond motifs is 5. The lowest BCUT2D eigenvalue weighted by Gasteiger charge is -2.37.